The van der Waals surface area contributed by atoms with Crippen LogP contribution < -0.4 is 5.32 Å². The van der Waals surface area contributed by atoms with Crippen LogP contribution in [0.5, 0.6) is 0 Å². The first kappa shape index (κ1) is 17.3. The molecule has 2 aromatic heterocycles. The van der Waals surface area contributed by atoms with Crippen LogP contribution in [0.15, 0.2) is 55.0 Å². The maximum absolute atomic E-state index is 13.1. The highest BCUT2D eigenvalue weighted by Gasteiger charge is 2.29. The normalized spacial score (nSPS) is 15.0. The van der Waals surface area contributed by atoms with E-state index in [1.807, 2.05) is 35.4 Å². The zero-order valence-corrected chi connectivity index (χ0v) is 15.0. The average molecular weight is 362 g/mol. The molecule has 27 heavy (non-hydrogen) atoms. The van der Waals surface area contributed by atoms with Gasteiger partial charge in [-0.05, 0) is 36.6 Å². The Morgan fingerprint density at radius 3 is 2.63 bits per heavy atom. The fourth-order valence-electron chi connectivity index (χ4n) is 3.62. The molecule has 3 heterocycles. The summed E-state index contributed by atoms with van der Waals surface area (Å²) in [5, 5.41) is 4.02. The third kappa shape index (κ3) is 3.69. The molecule has 0 bridgehead atoms. The molecular weight excluding hydrogens is 340 g/mol. The minimum Gasteiger partial charge on any atom is -0.361 e. The first-order chi connectivity index (χ1) is 13.2. The van der Waals surface area contributed by atoms with E-state index < -0.39 is 6.04 Å². The highest BCUT2D eigenvalue weighted by Crippen LogP contribution is 2.20. The number of hydrogen-bond acceptors (Lipinski definition) is 3. The Kier molecular flexibility index (Phi) is 4.87. The zero-order valence-electron chi connectivity index (χ0n) is 15.0. The van der Waals surface area contributed by atoms with Gasteiger partial charge in [-0.15, -0.1) is 0 Å². The third-order valence-electron chi connectivity index (χ3n) is 5.06. The van der Waals surface area contributed by atoms with Gasteiger partial charge in [0, 0.05) is 54.6 Å². The van der Waals surface area contributed by atoms with Crippen molar-refractivity contribution >= 4 is 22.7 Å². The summed E-state index contributed by atoms with van der Waals surface area (Å²) in [5.74, 6) is -0.269. The molecule has 6 nitrogen and oxygen atoms in total. The summed E-state index contributed by atoms with van der Waals surface area (Å²) in [6.07, 6.45) is 7.56. The minimum atomic E-state index is -0.594. The molecular formula is C21H22N4O2. The Labute approximate surface area is 157 Å². The molecule has 1 aromatic carbocycles. The van der Waals surface area contributed by atoms with Gasteiger partial charge in [-0.1, -0.05) is 18.2 Å². The summed E-state index contributed by atoms with van der Waals surface area (Å²) in [4.78, 5) is 34.7. The number of aromatic nitrogens is 2. The van der Waals surface area contributed by atoms with Crippen LogP contribution in [0.1, 0.15) is 28.8 Å². The van der Waals surface area contributed by atoms with Crippen LogP contribution in [-0.4, -0.2) is 45.8 Å². The van der Waals surface area contributed by atoms with Crippen molar-refractivity contribution in [1.29, 1.82) is 0 Å². The van der Waals surface area contributed by atoms with E-state index in [0.717, 1.165) is 42.4 Å². The SMILES string of the molecule is O=C(N[C@@H](Cc1c[nH]c2ccccc12)C(=O)N1CCCC1)c1ccncc1. The number of nitrogens with one attached hydrogen (secondary N) is 2. The average Bonchev–Trinajstić information content (AvgIpc) is 3.38. The summed E-state index contributed by atoms with van der Waals surface area (Å²) in [6, 6.07) is 10.7. The lowest BCUT2D eigenvalue weighted by Crippen LogP contribution is -2.49. The van der Waals surface area contributed by atoms with Gasteiger partial charge in [0.25, 0.3) is 5.91 Å². The van der Waals surface area contributed by atoms with E-state index in [-0.39, 0.29) is 11.8 Å². The second kappa shape index (κ2) is 7.61. The van der Waals surface area contributed by atoms with E-state index in [4.69, 9.17) is 0 Å². The molecule has 0 aliphatic carbocycles. The number of carbonyl (C=O) groups is 2. The van der Waals surface area contributed by atoms with Gasteiger partial charge in [0.05, 0.1) is 0 Å². The Bertz CT molecular complexity index is 945. The second-order valence-electron chi connectivity index (χ2n) is 6.86. The lowest BCUT2D eigenvalue weighted by Gasteiger charge is -2.24. The minimum absolute atomic E-state index is 0.0137. The molecule has 138 valence electrons. The number of benzene rings is 1. The number of hydrogen-bond donors (Lipinski definition) is 2. The van der Waals surface area contributed by atoms with Crippen LogP contribution >= 0.6 is 0 Å². The van der Waals surface area contributed by atoms with Crippen molar-refractivity contribution in [2.75, 3.05) is 13.1 Å². The molecule has 2 N–H and O–H groups in total. The Morgan fingerprint density at radius 2 is 1.85 bits per heavy atom. The van der Waals surface area contributed by atoms with Crippen LogP contribution in [0.25, 0.3) is 10.9 Å². The second-order valence-corrected chi connectivity index (χ2v) is 6.86. The maximum Gasteiger partial charge on any atom is 0.252 e. The molecule has 1 aliphatic rings. The maximum atomic E-state index is 13.1. The van der Waals surface area contributed by atoms with Crippen molar-refractivity contribution in [2.45, 2.75) is 25.3 Å². The van der Waals surface area contributed by atoms with E-state index in [1.165, 1.54) is 0 Å². The van der Waals surface area contributed by atoms with Crippen molar-refractivity contribution in [3.63, 3.8) is 0 Å². The van der Waals surface area contributed by atoms with Crippen LogP contribution in [0.3, 0.4) is 0 Å². The number of aromatic amines is 1. The predicted molar refractivity (Wildman–Crippen MR) is 103 cm³/mol. The molecule has 3 aromatic rings. The summed E-state index contributed by atoms with van der Waals surface area (Å²) >= 11 is 0. The first-order valence-corrected chi connectivity index (χ1v) is 9.27. The molecule has 1 aliphatic heterocycles. The topological polar surface area (TPSA) is 78.1 Å². The monoisotopic (exact) mass is 362 g/mol. The molecule has 0 spiro atoms. The Balaban J connectivity index is 1.59. The van der Waals surface area contributed by atoms with Gasteiger partial charge in [0.2, 0.25) is 5.91 Å². The number of pyridine rings is 1. The van der Waals surface area contributed by atoms with Crippen molar-refractivity contribution in [2.24, 2.45) is 0 Å². The number of amides is 2. The molecule has 1 atom stereocenters. The van der Waals surface area contributed by atoms with Crippen LogP contribution in [0, 0.1) is 0 Å². The quantitative estimate of drug-likeness (QED) is 0.732. The van der Waals surface area contributed by atoms with Gasteiger partial charge in [0.1, 0.15) is 6.04 Å². The van der Waals surface area contributed by atoms with Gasteiger partial charge in [-0.2, -0.15) is 0 Å². The molecule has 1 saturated heterocycles. The molecule has 0 unspecified atom stereocenters. The van der Waals surface area contributed by atoms with Gasteiger partial charge in [-0.3, -0.25) is 14.6 Å². The lowest BCUT2D eigenvalue weighted by atomic mass is 10.0. The van der Waals surface area contributed by atoms with Crippen LogP contribution in [-0.2, 0) is 11.2 Å². The summed E-state index contributed by atoms with van der Waals surface area (Å²) in [6.45, 7) is 1.52. The number of carbonyl (C=O) groups excluding carboxylic acids is 2. The highest BCUT2D eigenvalue weighted by molar-refractivity contribution is 5.97. The van der Waals surface area contributed by atoms with Crippen molar-refractivity contribution in [1.82, 2.24) is 20.2 Å². The van der Waals surface area contributed by atoms with Gasteiger partial charge >= 0.3 is 0 Å². The van der Waals surface area contributed by atoms with E-state index in [0.29, 0.717) is 12.0 Å². The molecule has 2 amide bonds. The number of likely N-dealkylation sites (tertiary alicyclic amines) is 1. The molecule has 4 rings (SSSR count). The number of H-pyrrole nitrogens is 1. The van der Waals surface area contributed by atoms with E-state index in [2.05, 4.69) is 15.3 Å². The smallest absolute Gasteiger partial charge is 0.252 e. The fourth-order valence-corrected chi connectivity index (χ4v) is 3.62. The van der Waals surface area contributed by atoms with Gasteiger partial charge in [0.15, 0.2) is 0 Å². The van der Waals surface area contributed by atoms with Crippen molar-refractivity contribution in [3.8, 4) is 0 Å². The van der Waals surface area contributed by atoms with Crippen LogP contribution in [0.4, 0.5) is 0 Å². The number of para-hydroxylation sites is 1. The fraction of sp³-hybridized carbons (Fsp3) is 0.286. The van der Waals surface area contributed by atoms with Gasteiger partial charge < -0.3 is 15.2 Å². The molecule has 0 radical (unpaired) electrons. The van der Waals surface area contributed by atoms with Crippen LogP contribution in [0.2, 0.25) is 0 Å². The zero-order chi connectivity index (χ0) is 18.6. The van der Waals surface area contributed by atoms with Gasteiger partial charge in [-0.25, -0.2) is 0 Å². The summed E-state index contributed by atoms with van der Waals surface area (Å²) < 4.78 is 0. The van der Waals surface area contributed by atoms with E-state index in [1.54, 1.807) is 24.5 Å². The van der Waals surface area contributed by atoms with Crippen molar-refractivity contribution < 1.29 is 9.59 Å². The number of fused-ring (bicyclic) bond motifs is 1. The molecule has 1 fully saturated rings. The first-order valence-electron chi connectivity index (χ1n) is 9.27. The Hall–Kier alpha value is -3.15. The Morgan fingerprint density at radius 1 is 1.11 bits per heavy atom. The molecule has 0 saturated carbocycles. The summed E-state index contributed by atoms with van der Waals surface area (Å²) in [5.41, 5.74) is 2.56. The number of nitrogens with zero attached hydrogens (tertiary/aromatic N) is 2. The third-order valence-corrected chi connectivity index (χ3v) is 5.06. The summed E-state index contributed by atoms with van der Waals surface area (Å²) in [7, 11) is 0. The standard InChI is InChI=1S/C21H22N4O2/c26-20(15-7-9-22-10-8-15)24-19(21(27)25-11-3-4-12-25)13-16-14-23-18-6-2-1-5-17(16)18/h1-2,5-10,14,19,23H,3-4,11-13H2,(H,24,26)/t19-/m0/s1. The number of rotatable bonds is 5. The van der Waals surface area contributed by atoms with E-state index in [9.17, 15) is 9.59 Å². The predicted octanol–water partition coefficient (Wildman–Crippen LogP) is 2.53. The highest BCUT2D eigenvalue weighted by atomic mass is 16.2. The van der Waals surface area contributed by atoms with E-state index >= 15 is 0 Å². The largest absolute Gasteiger partial charge is 0.361 e. The molecule has 6 heteroatoms. The van der Waals surface area contributed by atoms with Crippen molar-refractivity contribution in [3.05, 3.63) is 66.1 Å². The lowest BCUT2D eigenvalue weighted by molar-refractivity contribution is -0.132.